The SMILES string of the molecule is CC(C)=C[C@H]1[C@@H](C(=O)NCCS(=O)(=O)N2CCc3ccccc32)C1(C)C. The van der Waals surface area contributed by atoms with Gasteiger partial charge in [-0.3, -0.25) is 9.10 Å². The van der Waals surface area contributed by atoms with Crippen molar-refractivity contribution in [3.63, 3.8) is 0 Å². The lowest BCUT2D eigenvalue weighted by Crippen LogP contribution is -2.37. The van der Waals surface area contributed by atoms with E-state index in [0.29, 0.717) is 6.54 Å². The molecular weight excluding hydrogens is 348 g/mol. The number of anilines is 1. The quantitative estimate of drug-likeness (QED) is 0.777. The van der Waals surface area contributed by atoms with Gasteiger partial charge in [0, 0.05) is 13.1 Å². The van der Waals surface area contributed by atoms with Crippen LogP contribution in [-0.4, -0.2) is 33.2 Å². The van der Waals surface area contributed by atoms with Crippen LogP contribution in [-0.2, 0) is 21.2 Å². The molecule has 1 saturated carbocycles. The van der Waals surface area contributed by atoms with Crippen molar-refractivity contribution in [2.75, 3.05) is 23.1 Å². The Balaban J connectivity index is 1.57. The van der Waals surface area contributed by atoms with E-state index in [-0.39, 0.29) is 35.5 Å². The summed E-state index contributed by atoms with van der Waals surface area (Å²) in [5.74, 6) is 0.0322. The van der Waals surface area contributed by atoms with Crippen molar-refractivity contribution in [3.8, 4) is 0 Å². The lowest BCUT2D eigenvalue weighted by Gasteiger charge is -2.19. The standard InChI is InChI=1S/C20H28N2O3S/c1-14(2)13-16-18(20(16,3)4)19(23)21-10-12-26(24,25)22-11-9-15-7-5-6-8-17(15)22/h5-8,13,16,18H,9-12H2,1-4H3,(H,21,23)/t16-,18-/m0/s1. The number of allylic oxidation sites excluding steroid dienone is 2. The second-order valence-corrected chi connectivity index (χ2v) is 10.1. The molecule has 26 heavy (non-hydrogen) atoms. The molecule has 0 bridgehead atoms. The number of nitrogens with one attached hydrogen (secondary N) is 1. The largest absolute Gasteiger partial charge is 0.355 e. The predicted octanol–water partition coefficient (Wildman–Crippen LogP) is 2.73. The van der Waals surface area contributed by atoms with Crippen LogP contribution in [0, 0.1) is 17.3 Å². The molecule has 1 amide bonds. The van der Waals surface area contributed by atoms with Gasteiger partial charge in [0.15, 0.2) is 0 Å². The predicted molar refractivity (Wildman–Crippen MR) is 104 cm³/mol. The van der Waals surface area contributed by atoms with Crippen LogP contribution in [0.5, 0.6) is 0 Å². The van der Waals surface area contributed by atoms with Crippen LogP contribution in [0.3, 0.4) is 0 Å². The fourth-order valence-corrected chi connectivity index (χ4v) is 5.40. The Kier molecular flexibility index (Phi) is 4.90. The monoisotopic (exact) mass is 376 g/mol. The molecule has 3 rings (SSSR count). The van der Waals surface area contributed by atoms with Gasteiger partial charge < -0.3 is 5.32 Å². The van der Waals surface area contributed by atoms with Crippen molar-refractivity contribution >= 4 is 21.6 Å². The first-order valence-electron chi connectivity index (χ1n) is 9.15. The molecule has 0 unspecified atom stereocenters. The van der Waals surface area contributed by atoms with Gasteiger partial charge in [0.2, 0.25) is 15.9 Å². The van der Waals surface area contributed by atoms with Crippen LogP contribution in [0.15, 0.2) is 35.9 Å². The molecule has 1 fully saturated rings. The van der Waals surface area contributed by atoms with Crippen molar-refractivity contribution in [1.82, 2.24) is 5.32 Å². The Morgan fingerprint density at radius 2 is 2.00 bits per heavy atom. The molecule has 0 radical (unpaired) electrons. The Morgan fingerprint density at radius 3 is 2.69 bits per heavy atom. The van der Waals surface area contributed by atoms with E-state index in [2.05, 4.69) is 25.2 Å². The fourth-order valence-electron chi connectivity index (χ4n) is 3.97. The molecule has 1 aromatic carbocycles. The van der Waals surface area contributed by atoms with Gasteiger partial charge in [0.1, 0.15) is 0 Å². The van der Waals surface area contributed by atoms with Crippen LogP contribution >= 0.6 is 0 Å². The maximum absolute atomic E-state index is 12.7. The van der Waals surface area contributed by atoms with Gasteiger partial charge in [0.25, 0.3) is 0 Å². The summed E-state index contributed by atoms with van der Waals surface area (Å²) in [6, 6.07) is 7.59. The molecule has 2 atom stereocenters. The number of nitrogens with zero attached hydrogens (tertiary/aromatic N) is 1. The minimum Gasteiger partial charge on any atom is -0.355 e. The maximum Gasteiger partial charge on any atom is 0.236 e. The number of rotatable bonds is 6. The zero-order valence-corrected chi connectivity index (χ0v) is 16.8. The van der Waals surface area contributed by atoms with E-state index in [1.165, 1.54) is 9.88 Å². The minimum atomic E-state index is -3.43. The van der Waals surface area contributed by atoms with Crippen molar-refractivity contribution in [2.24, 2.45) is 17.3 Å². The number of carbonyl (C=O) groups excluding carboxylic acids is 1. The lowest BCUT2D eigenvalue weighted by atomic mass is 10.1. The number of hydrogen-bond acceptors (Lipinski definition) is 3. The topological polar surface area (TPSA) is 66.5 Å². The molecule has 142 valence electrons. The maximum atomic E-state index is 12.7. The molecular formula is C20H28N2O3S. The number of benzene rings is 1. The molecule has 2 aliphatic rings. The zero-order valence-electron chi connectivity index (χ0n) is 16.0. The van der Waals surface area contributed by atoms with Crippen LogP contribution in [0.4, 0.5) is 5.69 Å². The second-order valence-electron chi connectivity index (χ2n) is 8.13. The zero-order chi connectivity index (χ0) is 19.1. The molecule has 1 aliphatic heterocycles. The Bertz CT molecular complexity index is 838. The Labute approximate surface area is 156 Å². The summed E-state index contributed by atoms with van der Waals surface area (Å²) in [7, 11) is -3.43. The number of hydrogen-bond donors (Lipinski definition) is 1. The number of sulfonamides is 1. The number of carbonyl (C=O) groups is 1. The third-order valence-electron chi connectivity index (χ3n) is 5.55. The third kappa shape index (κ3) is 3.52. The van der Waals surface area contributed by atoms with Gasteiger partial charge in [-0.05, 0) is 43.2 Å². The lowest BCUT2D eigenvalue weighted by molar-refractivity contribution is -0.123. The van der Waals surface area contributed by atoms with E-state index in [9.17, 15) is 13.2 Å². The van der Waals surface area contributed by atoms with Gasteiger partial charge >= 0.3 is 0 Å². The molecule has 5 nitrogen and oxygen atoms in total. The third-order valence-corrected chi connectivity index (χ3v) is 7.32. The first-order valence-corrected chi connectivity index (χ1v) is 10.8. The van der Waals surface area contributed by atoms with E-state index < -0.39 is 10.0 Å². The van der Waals surface area contributed by atoms with Crippen molar-refractivity contribution in [2.45, 2.75) is 34.1 Å². The van der Waals surface area contributed by atoms with Gasteiger partial charge in [0.05, 0.1) is 17.4 Å². The molecule has 0 saturated heterocycles. The van der Waals surface area contributed by atoms with Crippen LogP contribution in [0.2, 0.25) is 0 Å². The van der Waals surface area contributed by atoms with E-state index >= 15 is 0 Å². The van der Waals surface area contributed by atoms with Crippen LogP contribution < -0.4 is 9.62 Å². The Morgan fingerprint density at radius 1 is 1.31 bits per heavy atom. The molecule has 6 heteroatoms. The summed E-state index contributed by atoms with van der Waals surface area (Å²) >= 11 is 0. The van der Waals surface area contributed by atoms with Crippen LogP contribution in [0.25, 0.3) is 0 Å². The number of para-hydroxylation sites is 1. The average Bonchev–Trinajstić information content (AvgIpc) is 2.92. The van der Waals surface area contributed by atoms with Gasteiger partial charge in [-0.1, -0.05) is 43.7 Å². The van der Waals surface area contributed by atoms with E-state index in [4.69, 9.17) is 0 Å². The van der Waals surface area contributed by atoms with Gasteiger partial charge in [-0.25, -0.2) is 8.42 Å². The van der Waals surface area contributed by atoms with Crippen molar-refractivity contribution in [3.05, 3.63) is 41.5 Å². The Hall–Kier alpha value is -1.82. The first kappa shape index (κ1) is 19.0. The minimum absolute atomic E-state index is 0.0467. The van der Waals surface area contributed by atoms with E-state index in [0.717, 1.165) is 17.7 Å². The van der Waals surface area contributed by atoms with E-state index in [1.54, 1.807) is 0 Å². The van der Waals surface area contributed by atoms with Gasteiger partial charge in [-0.15, -0.1) is 0 Å². The molecule has 1 N–H and O–H groups in total. The summed E-state index contributed by atoms with van der Waals surface area (Å²) in [6.07, 6.45) is 2.88. The summed E-state index contributed by atoms with van der Waals surface area (Å²) in [5, 5.41) is 2.83. The molecule has 0 aromatic heterocycles. The normalized spacial score (nSPS) is 23.3. The molecule has 1 aliphatic carbocycles. The summed E-state index contributed by atoms with van der Waals surface area (Å²) in [4.78, 5) is 12.5. The highest BCUT2D eigenvalue weighted by Gasteiger charge is 2.60. The molecule has 1 aromatic rings. The molecule has 1 heterocycles. The number of fused-ring (bicyclic) bond motifs is 1. The highest BCUT2D eigenvalue weighted by molar-refractivity contribution is 7.92. The average molecular weight is 377 g/mol. The summed E-state index contributed by atoms with van der Waals surface area (Å²) < 4.78 is 26.8. The highest BCUT2D eigenvalue weighted by Crippen LogP contribution is 2.59. The highest BCUT2D eigenvalue weighted by atomic mass is 32.2. The first-order chi connectivity index (χ1) is 12.1. The number of amides is 1. The fraction of sp³-hybridized carbons (Fsp3) is 0.550. The second kappa shape index (κ2) is 6.72. The van der Waals surface area contributed by atoms with E-state index in [1.807, 2.05) is 38.1 Å². The summed E-state index contributed by atoms with van der Waals surface area (Å²) in [5.41, 5.74) is 2.97. The van der Waals surface area contributed by atoms with Crippen molar-refractivity contribution < 1.29 is 13.2 Å². The van der Waals surface area contributed by atoms with Crippen LogP contribution in [0.1, 0.15) is 33.3 Å². The smallest absolute Gasteiger partial charge is 0.236 e. The molecule has 0 spiro atoms. The van der Waals surface area contributed by atoms with Crippen molar-refractivity contribution in [1.29, 1.82) is 0 Å². The van der Waals surface area contributed by atoms with Gasteiger partial charge in [-0.2, -0.15) is 0 Å². The summed E-state index contributed by atoms with van der Waals surface area (Å²) in [6.45, 7) is 8.86.